The van der Waals surface area contributed by atoms with Crippen LogP contribution in [0.4, 0.5) is 0 Å². The van der Waals surface area contributed by atoms with Crippen molar-refractivity contribution in [3.8, 4) is 5.75 Å². The van der Waals surface area contributed by atoms with E-state index in [1.54, 1.807) is 0 Å². The molecule has 0 bridgehead atoms. The number of nitrogens with zero attached hydrogens (tertiary/aromatic N) is 1. The Hall–Kier alpha value is -1.06. The molecular formula is C17H27NO2. The second kappa shape index (κ2) is 6.59. The molecule has 1 fully saturated rings. The summed E-state index contributed by atoms with van der Waals surface area (Å²) in [6, 6.07) is 8.49. The van der Waals surface area contributed by atoms with Crippen LogP contribution in [-0.4, -0.2) is 35.7 Å². The van der Waals surface area contributed by atoms with E-state index in [0.29, 0.717) is 12.6 Å². The minimum atomic E-state index is -0.740. The molecule has 20 heavy (non-hydrogen) atoms. The van der Waals surface area contributed by atoms with Crippen LogP contribution in [0, 0.1) is 0 Å². The number of para-hydroxylation sites is 1. The van der Waals surface area contributed by atoms with E-state index in [0.717, 1.165) is 43.7 Å². The lowest BCUT2D eigenvalue weighted by Gasteiger charge is -2.40. The topological polar surface area (TPSA) is 32.7 Å². The molecule has 1 aliphatic rings. The zero-order chi connectivity index (χ0) is 14.6. The van der Waals surface area contributed by atoms with Gasteiger partial charge in [-0.3, -0.25) is 0 Å². The molecule has 112 valence electrons. The minimum Gasteiger partial charge on any atom is -0.493 e. The molecule has 1 N–H and O–H groups in total. The van der Waals surface area contributed by atoms with Gasteiger partial charge in [0, 0.05) is 24.7 Å². The first-order chi connectivity index (χ1) is 9.57. The Morgan fingerprint density at radius 2 is 1.90 bits per heavy atom. The first kappa shape index (κ1) is 15.3. The van der Waals surface area contributed by atoms with Crippen molar-refractivity contribution in [2.75, 3.05) is 19.7 Å². The Bertz CT molecular complexity index is 423. The van der Waals surface area contributed by atoms with Crippen molar-refractivity contribution in [2.24, 2.45) is 0 Å². The Kier molecular flexibility index (Phi) is 5.06. The second-order valence-electron chi connectivity index (χ2n) is 6.01. The van der Waals surface area contributed by atoms with Gasteiger partial charge < -0.3 is 14.7 Å². The summed E-state index contributed by atoms with van der Waals surface area (Å²) in [7, 11) is 0. The highest BCUT2D eigenvalue weighted by atomic mass is 16.5. The maximum Gasteiger partial charge on any atom is 0.125 e. The first-order valence-electron chi connectivity index (χ1n) is 7.75. The van der Waals surface area contributed by atoms with Crippen molar-refractivity contribution in [1.29, 1.82) is 0 Å². The highest BCUT2D eigenvalue weighted by molar-refractivity contribution is 5.38. The van der Waals surface area contributed by atoms with Crippen molar-refractivity contribution in [3.63, 3.8) is 0 Å². The van der Waals surface area contributed by atoms with Gasteiger partial charge in [-0.15, -0.1) is 0 Å². The van der Waals surface area contributed by atoms with E-state index in [9.17, 15) is 5.11 Å². The smallest absolute Gasteiger partial charge is 0.125 e. The van der Waals surface area contributed by atoms with Gasteiger partial charge in [-0.2, -0.15) is 0 Å². The van der Waals surface area contributed by atoms with E-state index in [1.807, 2.05) is 24.3 Å². The Labute approximate surface area is 122 Å². The zero-order valence-electron chi connectivity index (χ0n) is 12.9. The van der Waals surface area contributed by atoms with Crippen LogP contribution in [0.1, 0.15) is 45.6 Å². The lowest BCUT2D eigenvalue weighted by Crippen LogP contribution is -2.45. The van der Waals surface area contributed by atoms with Crippen molar-refractivity contribution < 1.29 is 9.84 Å². The van der Waals surface area contributed by atoms with Gasteiger partial charge in [-0.1, -0.05) is 25.1 Å². The van der Waals surface area contributed by atoms with Crippen LogP contribution in [0.3, 0.4) is 0 Å². The number of ether oxygens (including phenoxy) is 1. The number of rotatable bonds is 5. The van der Waals surface area contributed by atoms with Crippen molar-refractivity contribution in [2.45, 2.75) is 51.7 Å². The fraction of sp³-hybridized carbons (Fsp3) is 0.647. The van der Waals surface area contributed by atoms with E-state index in [-0.39, 0.29) is 0 Å². The molecule has 0 aliphatic carbocycles. The highest BCUT2D eigenvalue weighted by Gasteiger charge is 2.36. The minimum absolute atomic E-state index is 0.547. The van der Waals surface area contributed by atoms with Crippen molar-refractivity contribution in [1.82, 2.24) is 4.90 Å². The summed E-state index contributed by atoms with van der Waals surface area (Å²) in [4.78, 5) is 2.42. The van der Waals surface area contributed by atoms with E-state index >= 15 is 0 Å². The molecule has 0 aromatic heterocycles. The number of likely N-dealkylation sites (tertiary alicyclic amines) is 1. The lowest BCUT2D eigenvalue weighted by molar-refractivity contribution is -0.0341. The molecule has 1 aliphatic heterocycles. The van der Waals surface area contributed by atoms with Crippen molar-refractivity contribution >= 4 is 0 Å². The van der Waals surface area contributed by atoms with E-state index in [1.165, 1.54) is 0 Å². The largest absolute Gasteiger partial charge is 0.493 e. The van der Waals surface area contributed by atoms with Crippen LogP contribution >= 0.6 is 0 Å². The van der Waals surface area contributed by atoms with Crippen LogP contribution in [0.25, 0.3) is 0 Å². The number of hydrogen-bond acceptors (Lipinski definition) is 3. The van der Waals surface area contributed by atoms with E-state index in [2.05, 4.69) is 25.7 Å². The third kappa shape index (κ3) is 3.33. The van der Waals surface area contributed by atoms with E-state index in [4.69, 9.17) is 4.74 Å². The molecule has 3 nitrogen and oxygen atoms in total. The lowest BCUT2D eigenvalue weighted by atomic mass is 9.83. The van der Waals surface area contributed by atoms with Crippen LogP contribution in [0.2, 0.25) is 0 Å². The standard InChI is InChI=1S/C17H27NO2/c1-4-13-20-16-8-6-5-7-15(16)17(19)9-11-18(12-10-17)14(2)3/h5-8,14,19H,4,9-13H2,1-3H3. The molecule has 1 heterocycles. The SMILES string of the molecule is CCCOc1ccccc1C1(O)CCN(C(C)C)CC1. The molecule has 3 heteroatoms. The molecule has 0 spiro atoms. The predicted molar refractivity (Wildman–Crippen MR) is 82.1 cm³/mol. The molecule has 1 aromatic carbocycles. The summed E-state index contributed by atoms with van der Waals surface area (Å²) in [5, 5.41) is 11.0. The Balaban J connectivity index is 2.14. The van der Waals surface area contributed by atoms with Crippen LogP contribution in [0.5, 0.6) is 5.75 Å². The average molecular weight is 277 g/mol. The van der Waals surface area contributed by atoms with Gasteiger partial charge in [0.25, 0.3) is 0 Å². The van der Waals surface area contributed by atoms with Gasteiger partial charge in [0.05, 0.1) is 12.2 Å². The zero-order valence-corrected chi connectivity index (χ0v) is 12.9. The average Bonchev–Trinajstić information content (AvgIpc) is 2.46. The molecule has 1 saturated heterocycles. The maximum atomic E-state index is 11.0. The summed E-state index contributed by atoms with van der Waals surface area (Å²) in [5.41, 5.74) is 0.215. The van der Waals surface area contributed by atoms with Crippen LogP contribution in [0.15, 0.2) is 24.3 Å². The third-order valence-electron chi connectivity index (χ3n) is 4.21. The van der Waals surface area contributed by atoms with Crippen LogP contribution < -0.4 is 4.74 Å². The van der Waals surface area contributed by atoms with Gasteiger partial charge in [0.2, 0.25) is 0 Å². The summed E-state index contributed by atoms with van der Waals surface area (Å²) >= 11 is 0. The van der Waals surface area contributed by atoms with Crippen LogP contribution in [-0.2, 0) is 5.60 Å². The number of aliphatic hydroxyl groups is 1. The Morgan fingerprint density at radius 3 is 2.50 bits per heavy atom. The molecule has 0 amide bonds. The number of hydrogen-bond donors (Lipinski definition) is 1. The van der Waals surface area contributed by atoms with Crippen molar-refractivity contribution in [3.05, 3.63) is 29.8 Å². The molecular weight excluding hydrogens is 250 g/mol. The second-order valence-corrected chi connectivity index (χ2v) is 6.01. The molecule has 2 rings (SSSR count). The quantitative estimate of drug-likeness (QED) is 0.897. The predicted octanol–water partition coefficient (Wildman–Crippen LogP) is 3.17. The normalized spacial score (nSPS) is 19.2. The fourth-order valence-electron chi connectivity index (χ4n) is 2.87. The maximum absolute atomic E-state index is 11.0. The van der Waals surface area contributed by atoms with Gasteiger partial charge >= 0.3 is 0 Å². The molecule has 0 atom stereocenters. The third-order valence-corrected chi connectivity index (χ3v) is 4.21. The van der Waals surface area contributed by atoms with Gasteiger partial charge in [0.1, 0.15) is 5.75 Å². The molecule has 0 unspecified atom stereocenters. The first-order valence-corrected chi connectivity index (χ1v) is 7.75. The summed E-state index contributed by atoms with van der Waals surface area (Å²) in [6.07, 6.45) is 2.53. The molecule has 0 radical (unpaired) electrons. The molecule has 0 saturated carbocycles. The number of benzene rings is 1. The fourth-order valence-corrected chi connectivity index (χ4v) is 2.87. The van der Waals surface area contributed by atoms with Gasteiger partial charge in [-0.25, -0.2) is 0 Å². The Morgan fingerprint density at radius 1 is 1.25 bits per heavy atom. The highest BCUT2D eigenvalue weighted by Crippen LogP contribution is 2.38. The van der Waals surface area contributed by atoms with Gasteiger partial charge in [-0.05, 0) is 39.2 Å². The number of piperidine rings is 1. The van der Waals surface area contributed by atoms with E-state index < -0.39 is 5.60 Å². The monoisotopic (exact) mass is 277 g/mol. The van der Waals surface area contributed by atoms with Gasteiger partial charge in [0.15, 0.2) is 0 Å². The summed E-state index contributed by atoms with van der Waals surface area (Å²) in [5.74, 6) is 0.842. The molecule has 1 aromatic rings. The summed E-state index contributed by atoms with van der Waals surface area (Å²) in [6.45, 7) is 9.10. The summed E-state index contributed by atoms with van der Waals surface area (Å²) < 4.78 is 5.81.